The van der Waals surface area contributed by atoms with E-state index in [-0.39, 0.29) is 0 Å². The zero-order valence-electron chi connectivity index (χ0n) is 10.6. The summed E-state index contributed by atoms with van der Waals surface area (Å²) in [6, 6.07) is 6.53. The van der Waals surface area contributed by atoms with E-state index in [1.807, 2.05) is 18.2 Å². The van der Waals surface area contributed by atoms with E-state index in [1.165, 1.54) is 11.1 Å². The summed E-state index contributed by atoms with van der Waals surface area (Å²) in [5, 5.41) is 4.54. The van der Waals surface area contributed by atoms with E-state index in [0.717, 1.165) is 29.5 Å². The first-order valence-corrected chi connectivity index (χ1v) is 6.96. The van der Waals surface area contributed by atoms with Gasteiger partial charge in [-0.25, -0.2) is 4.98 Å². The highest BCUT2D eigenvalue weighted by Crippen LogP contribution is 2.30. The molecular formula is C13H17N3OS. The number of ether oxygens (including phenoxy) is 1. The van der Waals surface area contributed by atoms with Gasteiger partial charge in [0.15, 0.2) is 5.13 Å². The Morgan fingerprint density at radius 2 is 2.39 bits per heavy atom. The molecule has 0 amide bonds. The number of hydrogen-bond acceptors (Lipinski definition) is 5. The molecule has 0 aliphatic carbocycles. The molecule has 5 heteroatoms. The number of anilines is 1. The predicted octanol–water partition coefficient (Wildman–Crippen LogP) is 2.42. The minimum atomic E-state index is 0.525. The van der Waals surface area contributed by atoms with Crippen LogP contribution in [0.1, 0.15) is 6.42 Å². The molecule has 1 aliphatic rings. The molecule has 1 fully saturated rings. The lowest BCUT2D eigenvalue weighted by Crippen LogP contribution is -2.23. The fourth-order valence-corrected chi connectivity index (χ4v) is 3.29. The Morgan fingerprint density at radius 3 is 3.11 bits per heavy atom. The van der Waals surface area contributed by atoms with Gasteiger partial charge in [0, 0.05) is 12.6 Å². The van der Waals surface area contributed by atoms with E-state index < -0.39 is 0 Å². The summed E-state index contributed by atoms with van der Waals surface area (Å²) in [5.41, 5.74) is 1.04. The van der Waals surface area contributed by atoms with Gasteiger partial charge in [-0.1, -0.05) is 11.3 Å². The van der Waals surface area contributed by atoms with E-state index in [1.54, 1.807) is 18.4 Å². The number of rotatable bonds is 3. The van der Waals surface area contributed by atoms with Crippen LogP contribution in [0.15, 0.2) is 18.2 Å². The summed E-state index contributed by atoms with van der Waals surface area (Å²) in [5.74, 6) is 0.887. The van der Waals surface area contributed by atoms with Crippen molar-refractivity contribution >= 4 is 26.7 Å². The standard InChI is InChI=1S/C13H17N3OS/c1-16-6-5-9(8-16)14-13-15-11-4-3-10(17-2)7-12(11)18-13/h3-4,7,9H,5-6,8H2,1-2H3,(H,14,15). The third kappa shape index (κ3) is 2.28. The van der Waals surface area contributed by atoms with Gasteiger partial charge in [-0.2, -0.15) is 0 Å². The molecular weight excluding hydrogens is 246 g/mol. The monoisotopic (exact) mass is 263 g/mol. The van der Waals surface area contributed by atoms with Crippen molar-refractivity contribution in [3.05, 3.63) is 18.2 Å². The quantitative estimate of drug-likeness (QED) is 0.923. The molecule has 1 atom stereocenters. The molecule has 1 N–H and O–H groups in total. The van der Waals surface area contributed by atoms with Gasteiger partial charge in [0.1, 0.15) is 5.75 Å². The maximum atomic E-state index is 5.23. The summed E-state index contributed by atoms with van der Waals surface area (Å²) in [4.78, 5) is 6.95. The van der Waals surface area contributed by atoms with E-state index in [2.05, 4.69) is 22.2 Å². The van der Waals surface area contributed by atoms with Crippen molar-refractivity contribution in [2.45, 2.75) is 12.5 Å². The summed E-state index contributed by atoms with van der Waals surface area (Å²) >= 11 is 1.69. The zero-order valence-corrected chi connectivity index (χ0v) is 11.5. The topological polar surface area (TPSA) is 37.4 Å². The summed E-state index contributed by atoms with van der Waals surface area (Å²) < 4.78 is 6.40. The Hall–Kier alpha value is -1.33. The molecule has 1 aromatic carbocycles. The number of aromatic nitrogens is 1. The van der Waals surface area contributed by atoms with Crippen molar-refractivity contribution in [3.8, 4) is 5.75 Å². The lowest BCUT2D eigenvalue weighted by atomic mass is 10.3. The second kappa shape index (κ2) is 4.74. The van der Waals surface area contributed by atoms with Gasteiger partial charge < -0.3 is 15.0 Å². The van der Waals surface area contributed by atoms with Crippen LogP contribution in [0, 0.1) is 0 Å². The summed E-state index contributed by atoms with van der Waals surface area (Å²) in [6.07, 6.45) is 1.19. The predicted molar refractivity (Wildman–Crippen MR) is 75.7 cm³/mol. The SMILES string of the molecule is COc1ccc2nc(NC3CCN(C)C3)sc2c1. The van der Waals surface area contributed by atoms with Crippen LogP contribution in [0.4, 0.5) is 5.13 Å². The minimum absolute atomic E-state index is 0.525. The molecule has 3 rings (SSSR count). The third-order valence-corrected chi connectivity index (χ3v) is 4.26. The highest BCUT2D eigenvalue weighted by atomic mass is 32.1. The smallest absolute Gasteiger partial charge is 0.184 e. The van der Waals surface area contributed by atoms with Gasteiger partial charge in [0.05, 0.1) is 17.3 Å². The molecule has 1 aromatic heterocycles. The molecule has 0 saturated carbocycles. The molecule has 0 spiro atoms. The van der Waals surface area contributed by atoms with Gasteiger partial charge in [-0.15, -0.1) is 0 Å². The molecule has 1 saturated heterocycles. The van der Waals surface area contributed by atoms with E-state index >= 15 is 0 Å². The fraction of sp³-hybridized carbons (Fsp3) is 0.462. The number of thiazole rings is 1. The van der Waals surface area contributed by atoms with Crippen LogP contribution < -0.4 is 10.1 Å². The Kier molecular flexibility index (Phi) is 3.09. The van der Waals surface area contributed by atoms with Gasteiger partial charge in [-0.3, -0.25) is 0 Å². The minimum Gasteiger partial charge on any atom is -0.497 e. The van der Waals surface area contributed by atoms with Crippen molar-refractivity contribution in [1.29, 1.82) is 0 Å². The number of likely N-dealkylation sites (N-methyl/N-ethyl adjacent to an activating group) is 1. The molecule has 2 aromatic rings. The molecule has 96 valence electrons. The number of nitrogens with zero attached hydrogens (tertiary/aromatic N) is 2. The Labute approximate surface area is 111 Å². The number of fused-ring (bicyclic) bond motifs is 1. The van der Waals surface area contributed by atoms with Crippen molar-refractivity contribution in [3.63, 3.8) is 0 Å². The van der Waals surface area contributed by atoms with Crippen molar-refractivity contribution in [1.82, 2.24) is 9.88 Å². The lowest BCUT2D eigenvalue weighted by molar-refractivity contribution is 0.414. The van der Waals surface area contributed by atoms with Gasteiger partial charge in [0.25, 0.3) is 0 Å². The van der Waals surface area contributed by atoms with Crippen LogP contribution in [-0.2, 0) is 0 Å². The second-order valence-electron chi connectivity index (χ2n) is 4.74. The Balaban J connectivity index is 1.80. The second-order valence-corrected chi connectivity index (χ2v) is 5.78. The van der Waals surface area contributed by atoms with E-state index in [0.29, 0.717) is 6.04 Å². The molecule has 18 heavy (non-hydrogen) atoms. The average molecular weight is 263 g/mol. The normalized spacial score (nSPS) is 20.4. The molecule has 4 nitrogen and oxygen atoms in total. The molecule has 1 aliphatic heterocycles. The van der Waals surface area contributed by atoms with E-state index in [4.69, 9.17) is 4.74 Å². The van der Waals surface area contributed by atoms with Crippen LogP contribution >= 0.6 is 11.3 Å². The first kappa shape index (κ1) is 11.7. The number of hydrogen-bond donors (Lipinski definition) is 1. The van der Waals surface area contributed by atoms with Gasteiger partial charge >= 0.3 is 0 Å². The highest BCUT2D eigenvalue weighted by Gasteiger charge is 2.20. The van der Waals surface area contributed by atoms with E-state index in [9.17, 15) is 0 Å². The van der Waals surface area contributed by atoms with Gasteiger partial charge in [0.2, 0.25) is 0 Å². The number of benzene rings is 1. The van der Waals surface area contributed by atoms with Gasteiger partial charge in [-0.05, 0) is 38.2 Å². The average Bonchev–Trinajstić information content (AvgIpc) is 2.94. The summed E-state index contributed by atoms with van der Waals surface area (Å²) in [7, 11) is 3.85. The third-order valence-electron chi connectivity index (χ3n) is 3.31. The maximum Gasteiger partial charge on any atom is 0.184 e. The largest absolute Gasteiger partial charge is 0.497 e. The summed E-state index contributed by atoms with van der Waals surface area (Å²) in [6.45, 7) is 2.26. The van der Waals surface area contributed by atoms with Crippen LogP contribution in [0.5, 0.6) is 5.75 Å². The van der Waals surface area contributed by atoms with Crippen LogP contribution in [-0.4, -0.2) is 43.2 Å². The zero-order chi connectivity index (χ0) is 12.5. The number of nitrogens with one attached hydrogen (secondary N) is 1. The molecule has 0 radical (unpaired) electrons. The number of likely N-dealkylation sites (tertiary alicyclic amines) is 1. The Morgan fingerprint density at radius 1 is 1.50 bits per heavy atom. The van der Waals surface area contributed by atoms with Crippen LogP contribution in [0.3, 0.4) is 0 Å². The van der Waals surface area contributed by atoms with Crippen molar-refractivity contribution < 1.29 is 4.74 Å². The van der Waals surface area contributed by atoms with Crippen LogP contribution in [0.25, 0.3) is 10.2 Å². The highest BCUT2D eigenvalue weighted by molar-refractivity contribution is 7.22. The first-order valence-electron chi connectivity index (χ1n) is 6.14. The maximum absolute atomic E-state index is 5.23. The fourth-order valence-electron chi connectivity index (χ4n) is 2.32. The Bertz CT molecular complexity index is 554. The van der Waals surface area contributed by atoms with Crippen molar-refractivity contribution in [2.75, 3.05) is 32.6 Å². The van der Waals surface area contributed by atoms with Crippen molar-refractivity contribution in [2.24, 2.45) is 0 Å². The van der Waals surface area contributed by atoms with Crippen LogP contribution in [0.2, 0.25) is 0 Å². The molecule has 1 unspecified atom stereocenters. The molecule has 0 bridgehead atoms. The first-order chi connectivity index (χ1) is 8.74. The number of methoxy groups -OCH3 is 1. The molecule has 2 heterocycles. The lowest BCUT2D eigenvalue weighted by Gasteiger charge is -2.10.